The van der Waals surface area contributed by atoms with Crippen LogP contribution in [0.15, 0.2) is 6.07 Å². The van der Waals surface area contributed by atoms with E-state index in [9.17, 15) is 9.59 Å². The summed E-state index contributed by atoms with van der Waals surface area (Å²) >= 11 is 0. The minimum absolute atomic E-state index is 0.0634. The van der Waals surface area contributed by atoms with Crippen molar-refractivity contribution in [3.63, 3.8) is 0 Å². The number of piperidine rings is 1. The summed E-state index contributed by atoms with van der Waals surface area (Å²) in [6, 6.07) is 1.79. The highest BCUT2D eigenvalue weighted by Crippen LogP contribution is 2.19. The highest BCUT2D eigenvalue weighted by Gasteiger charge is 2.29. The molecular formula is C14H20N4O4. The summed E-state index contributed by atoms with van der Waals surface area (Å²) in [4.78, 5) is 27.3. The van der Waals surface area contributed by atoms with Crippen molar-refractivity contribution in [3.8, 4) is 0 Å². The van der Waals surface area contributed by atoms with Crippen molar-refractivity contribution in [2.45, 2.75) is 18.9 Å². The van der Waals surface area contributed by atoms with Crippen molar-refractivity contribution in [1.82, 2.24) is 20.0 Å². The van der Waals surface area contributed by atoms with Crippen LogP contribution in [0.5, 0.6) is 0 Å². The van der Waals surface area contributed by atoms with Crippen LogP contribution in [0.3, 0.4) is 0 Å². The Bertz CT molecular complexity index is 545. The molecular weight excluding hydrogens is 288 g/mol. The number of carbonyl (C=O) groups is 2. The van der Waals surface area contributed by atoms with Gasteiger partial charge in [-0.15, -0.1) is 0 Å². The number of hydrogen-bond acceptors (Lipinski definition) is 5. The normalized spacial score (nSPS) is 21.0. The number of H-pyrrole nitrogens is 1. The topological polar surface area (TPSA) is 98.8 Å². The standard InChI is InChI=1S/C14H20N4O4/c19-13(11-9-12(14(20)21)16-15-11)18-3-1-10(2-4-18)17-5-7-22-8-6-17/h9-10H,1-8H2,(H,15,16)(H,20,21). The lowest BCUT2D eigenvalue weighted by Gasteiger charge is -2.39. The Morgan fingerprint density at radius 1 is 1.23 bits per heavy atom. The minimum Gasteiger partial charge on any atom is -0.477 e. The zero-order valence-corrected chi connectivity index (χ0v) is 12.3. The van der Waals surface area contributed by atoms with E-state index in [1.807, 2.05) is 0 Å². The van der Waals surface area contributed by atoms with Crippen LogP contribution in [0.25, 0.3) is 0 Å². The summed E-state index contributed by atoms with van der Waals surface area (Å²) in [5.74, 6) is -1.32. The molecule has 0 saturated carbocycles. The average molecular weight is 308 g/mol. The Kier molecular flexibility index (Phi) is 4.39. The number of carbonyl (C=O) groups excluding carboxylic acids is 1. The summed E-state index contributed by atoms with van der Waals surface area (Å²) in [7, 11) is 0. The predicted molar refractivity (Wildman–Crippen MR) is 76.9 cm³/mol. The van der Waals surface area contributed by atoms with Crippen LogP contribution in [0.1, 0.15) is 33.8 Å². The molecule has 0 aliphatic carbocycles. The number of nitrogens with one attached hydrogen (secondary N) is 1. The van der Waals surface area contributed by atoms with Gasteiger partial charge in [-0.2, -0.15) is 5.10 Å². The van der Waals surface area contributed by atoms with Gasteiger partial charge < -0.3 is 14.7 Å². The molecule has 22 heavy (non-hydrogen) atoms. The van der Waals surface area contributed by atoms with Crippen LogP contribution in [0.4, 0.5) is 0 Å². The van der Waals surface area contributed by atoms with Crippen LogP contribution < -0.4 is 0 Å². The number of amides is 1. The third-order valence-electron chi connectivity index (χ3n) is 4.34. The van der Waals surface area contributed by atoms with Gasteiger partial charge in [0, 0.05) is 38.3 Å². The molecule has 3 heterocycles. The number of ether oxygens (including phenoxy) is 1. The second-order valence-electron chi connectivity index (χ2n) is 5.64. The maximum Gasteiger partial charge on any atom is 0.353 e. The zero-order chi connectivity index (χ0) is 15.5. The first-order valence-corrected chi connectivity index (χ1v) is 7.55. The lowest BCUT2D eigenvalue weighted by molar-refractivity contribution is 0.00153. The van der Waals surface area contributed by atoms with E-state index in [0.717, 1.165) is 39.1 Å². The van der Waals surface area contributed by atoms with Gasteiger partial charge in [0.15, 0.2) is 5.69 Å². The maximum absolute atomic E-state index is 12.3. The molecule has 8 heteroatoms. The van der Waals surface area contributed by atoms with E-state index in [1.54, 1.807) is 4.90 Å². The molecule has 0 bridgehead atoms. The Morgan fingerprint density at radius 3 is 2.50 bits per heavy atom. The lowest BCUT2D eigenvalue weighted by Crippen LogP contribution is -2.50. The number of rotatable bonds is 3. The van der Waals surface area contributed by atoms with Crippen molar-refractivity contribution in [2.24, 2.45) is 0 Å². The first kappa shape index (κ1) is 15.0. The molecule has 120 valence electrons. The van der Waals surface area contributed by atoms with E-state index in [4.69, 9.17) is 9.84 Å². The number of aromatic carboxylic acids is 1. The van der Waals surface area contributed by atoms with Gasteiger partial charge in [0.1, 0.15) is 5.69 Å². The second-order valence-corrected chi connectivity index (χ2v) is 5.64. The third-order valence-corrected chi connectivity index (χ3v) is 4.34. The number of likely N-dealkylation sites (tertiary alicyclic amines) is 1. The van der Waals surface area contributed by atoms with E-state index in [2.05, 4.69) is 15.1 Å². The van der Waals surface area contributed by atoms with Crippen LogP contribution in [0, 0.1) is 0 Å². The van der Waals surface area contributed by atoms with Crippen LogP contribution >= 0.6 is 0 Å². The Balaban J connectivity index is 1.55. The largest absolute Gasteiger partial charge is 0.477 e. The van der Waals surface area contributed by atoms with E-state index >= 15 is 0 Å². The fraction of sp³-hybridized carbons (Fsp3) is 0.643. The molecule has 2 saturated heterocycles. The van der Waals surface area contributed by atoms with Gasteiger partial charge in [0.2, 0.25) is 0 Å². The lowest BCUT2D eigenvalue weighted by atomic mass is 10.0. The van der Waals surface area contributed by atoms with Gasteiger partial charge in [0.05, 0.1) is 13.2 Å². The van der Waals surface area contributed by atoms with Gasteiger partial charge in [-0.25, -0.2) is 4.79 Å². The van der Waals surface area contributed by atoms with Gasteiger partial charge in [0.25, 0.3) is 5.91 Å². The Morgan fingerprint density at radius 2 is 1.91 bits per heavy atom. The van der Waals surface area contributed by atoms with Crippen molar-refractivity contribution < 1.29 is 19.4 Å². The Hall–Kier alpha value is -1.93. The molecule has 2 N–H and O–H groups in total. The van der Waals surface area contributed by atoms with Crippen LogP contribution in [0.2, 0.25) is 0 Å². The average Bonchev–Trinajstić information content (AvgIpc) is 3.05. The van der Waals surface area contributed by atoms with Gasteiger partial charge in [-0.1, -0.05) is 0 Å². The number of morpholine rings is 1. The van der Waals surface area contributed by atoms with Crippen molar-refractivity contribution in [3.05, 3.63) is 17.5 Å². The van der Waals surface area contributed by atoms with E-state index < -0.39 is 5.97 Å². The molecule has 0 radical (unpaired) electrons. The quantitative estimate of drug-likeness (QED) is 0.818. The molecule has 1 amide bonds. The summed E-state index contributed by atoms with van der Waals surface area (Å²) in [5.41, 5.74) is 0.105. The van der Waals surface area contributed by atoms with E-state index in [1.165, 1.54) is 6.07 Å². The van der Waals surface area contributed by atoms with Gasteiger partial charge >= 0.3 is 5.97 Å². The smallest absolute Gasteiger partial charge is 0.353 e. The second kappa shape index (κ2) is 6.45. The van der Waals surface area contributed by atoms with Crippen molar-refractivity contribution >= 4 is 11.9 Å². The summed E-state index contributed by atoms with van der Waals surface area (Å²) in [6.45, 7) is 4.83. The molecule has 0 aromatic carbocycles. The molecule has 2 aliphatic rings. The molecule has 0 spiro atoms. The van der Waals surface area contributed by atoms with Gasteiger partial charge in [-0.05, 0) is 12.8 Å². The summed E-state index contributed by atoms with van der Waals surface area (Å²) < 4.78 is 5.36. The molecule has 1 aromatic heterocycles. The molecule has 3 rings (SSSR count). The fourth-order valence-electron chi connectivity index (χ4n) is 3.08. The van der Waals surface area contributed by atoms with Crippen molar-refractivity contribution in [2.75, 3.05) is 39.4 Å². The molecule has 0 atom stereocenters. The maximum atomic E-state index is 12.3. The van der Waals surface area contributed by atoms with Crippen LogP contribution in [-0.4, -0.2) is 82.4 Å². The number of aromatic nitrogens is 2. The molecule has 2 aliphatic heterocycles. The summed E-state index contributed by atoms with van der Waals surface area (Å²) in [5, 5.41) is 15.0. The monoisotopic (exact) mass is 308 g/mol. The first-order valence-electron chi connectivity index (χ1n) is 7.55. The first-order chi connectivity index (χ1) is 10.6. The number of carboxylic acid groups (broad SMARTS) is 1. The highest BCUT2D eigenvalue weighted by atomic mass is 16.5. The number of nitrogens with zero attached hydrogens (tertiary/aromatic N) is 3. The fourth-order valence-corrected chi connectivity index (χ4v) is 3.08. The number of aromatic amines is 1. The van der Waals surface area contributed by atoms with Crippen LogP contribution in [-0.2, 0) is 4.74 Å². The third kappa shape index (κ3) is 3.12. The Labute approximate surface area is 128 Å². The summed E-state index contributed by atoms with van der Waals surface area (Å²) in [6.07, 6.45) is 1.86. The molecule has 2 fully saturated rings. The molecule has 0 unspecified atom stereocenters. The van der Waals surface area contributed by atoms with Gasteiger partial charge in [-0.3, -0.25) is 14.8 Å². The predicted octanol–water partition coefficient (Wildman–Crippen LogP) is 0.0447. The SMILES string of the molecule is O=C(O)c1cc(C(=O)N2CCC(N3CCOCC3)CC2)n[nH]1. The van der Waals surface area contributed by atoms with E-state index in [0.29, 0.717) is 19.1 Å². The van der Waals surface area contributed by atoms with Crippen molar-refractivity contribution in [1.29, 1.82) is 0 Å². The molecule has 8 nitrogen and oxygen atoms in total. The minimum atomic E-state index is -1.11. The molecule has 1 aromatic rings. The number of carboxylic acids is 1. The highest BCUT2D eigenvalue weighted by molar-refractivity contribution is 5.95. The van der Waals surface area contributed by atoms with E-state index in [-0.39, 0.29) is 17.3 Å². The zero-order valence-electron chi connectivity index (χ0n) is 12.3. The number of hydrogen-bond donors (Lipinski definition) is 2.